The van der Waals surface area contributed by atoms with Crippen LogP contribution in [-0.4, -0.2) is 97.7 Å². The second-order valence-electron chi connectivity index (χ2n) is 25.6. The predicted molar refractivity (Wildman–Crippen MR) is 440 cm³/mol. The number of carbonyl (C=O) groups is 5. The number of nitrogens with zero attached hydrogens (tertiary/aromatic N) is 6. The molecule has 0 spiro atoms. The van der Waals surface area contributed by atoms with Gasteiger partial charge in [0, 0.05) is 94.7 Å². The number of pyridine rings is 6. The number of hydrogen-bond acceptors (Lipinski definition) is 16. The fourth-order valence-electron chi connectivity index (χ4n) is 11.0. The molecular weight excluding hydrogens is 1690 g/mol. The van der Waals surface area contributed by atoms with Gasteiger partial charge in [0.1, 0.15) is 11.4 Å². The van der Waals surface area contributed by atoms with Gasteiger partial charge in [-0.15, -0.1) is 0 Å². The van der Waals surface area contributed by atoms with Crippen LogP contribution in [0.2, 0.25) is 25.1 Å². The first-order valence-electron chi connectivity index (χ1n) is 35.2. The normalized spacial score (nSPS) is 11.7. The summed E-state index contributed by atoms with van der Waals surface area (Å²) in [5.74, 6) is -2.45. The zero-order valence-corrected chi connectivity index (χ0v) is 67.7. The van der Waals surface area contributed by atoms with Crippen molar-refractivity contribution in [2.75, 3.05) is 48.2 Å². The molecule has 0 saturated heterocycles. The average Bonchev–Trinajstić information content (AvgIpc) is 0.811. The SMILES string of the molecule is CCOP(C)(=O)Cc1ccc(C(=O)Nc2ccc(Cl)c(-c3ccccn3)c2)cc1.COC(=O)c1ccc(-c2cc(NC(=O)c3ccc(C(F)(F)F)nc3C)ccc2Cl)nc1.Cc1nc(C(F)(F)F)ccc1C(=O)Nc1ccc(Cl)c(-c2ccc(CO)cn2)c1.O=C(Nc1ccc(Cl)c(-c2ccccn2)c1)c1ccc(CNCC(F)(F)F)cc1Cl. The maximum Gasteiger partial charge on any atom is 0.433 e. The Hall–Kier alpha value is -11.5. The molecule has 0 bridgehead atoms. The summed E-state index contributed by atoms with van der Waals surface area (Å²) in [6.07, 6.45) is -6.95. The van der Waals surface area contributed by atoms with Gasteiger partial charge >= 0.3 is 24.5 Å². The highest BCUT2D eigenvalue weighted by molar-refractivity contribution is 7.57. The van der Waals surface area contributed by atoms with Crippen molar-refractivity contribution in [1.29, 1.82) is 0 Å². The molecular formula is C84H68Cl5F9N11O9P. The molecule has 12 rings (SSSR count). The number of hydrogen-bond donors (Lipinski definition) is 6. The first-order valence-corrected chi connectivity index (χ1v) is 39.4. The van der Waals surface area contributed by atoms with Crippen molar-refractivity contribution in [3.8, 4) is 45.0 Å². The number of ether oxygens (including phenoxy) is 1. The highest BCUT2D eigenvalue weighted by Gasteiger charge is 2.35. The Bertz CT molecular complexity index is 5680. The Morgan fingerprint density at radius 1 is 0.445 bits per heavy atom. The molecule has 1 atom stereocenters. The van der Waals surface area contributed by atoms with E-state index >= 15 is 0 Å². The molecule has 119 heavy (non-hydrogen) atoms. The van der Waals surface area contributed by atoms with Gasteiger partial charge in [0.2, 0.25) is 7.37 Å². The van der Waals surface area contributed by atoms with Crippen molar-refractivity contribution in [3.05, 3.63) is 317 Å². The molecule has 20 nitrogen and oxygen atoms in total. The molecule has 6 N–H and O–H groups in total. The molecule has 0 aliphatic carbocycles. The van der Waals surface area contributed by atoms with Gasteiger partial charge in [-0.05, 0) is 201 Å². The molecule has 0 aliphatic heterocycles. The predicted octanol–water partition coefficient (Wildman–Crippen LogP) is 22.1. The van der Waals surface area contributed by atoms with E-state index in [9.17, 15) is 68.1 Å². The quantitative estimate of drug-likeness (QED) is 0.0222. The van der Waals surface area contributed by atoms with Gasteiger partial charge < -0.3 is 41.0 Å². The van der Waals surface area contributed by atoms with Crippen LogP contribution in [0.3, 0.4) is 0 Å². The van der Waals surface area contributed by atoms with Crippen molar-refractivity contribution >= 4 is 118 Å². The summed E-state index contributed by atoms with van der Waals surface area (Å²) in [6.45, 7) is 5.24. The minimum absolute atomic E-state index is 0.00468. The van der Waals surface area contributed by atoms with Gasteiger partial charge in [-0.3, -0.25) is 43.7 Å². The monoisotopic (exact) mass is 1750 g/mol. The number of aromatic nitrogens is 6. The van der Waals surface area contributed by atoms with Gasteiger partial charge in [-0.2, -0.15) is 39.5 Å². The van der Waals surface area contributed by atoms with Crippen molar-refractivity contribution in [1.82, 2.24) is 35.2 Å². The van der Waals surface area contributed by atoms with Crippen LogP contribution >= 0.6 is 65.4 Å². The van der Waals surface area contributed by atoms with E-state index < -0.39 is 67.5 Å². The van der Waals surface area contributed by atoms with E-state index in [1.54, 1.807) is 153 Å². The van der Waals surface area contributed by atoms with Crippen molar-refractivity contribution < 1.29 is 82.4 Å². The van der Waals surface area contributed by atoms with Gasteiger partial charge in [-0.25, -0.2) is 14.8 Å². The highest BCUT2D eigenvalue weighted by Crippen LogP contribution is 2.46. The Kier molecular flexibility index (Phi) is 31.7. The molecule has 0 fully saturated rings. The second-order valence-corrected chi connectivity index (χ2v) is 30.3. The number of aryl methyl sites for hydroxylation is 2. The maximum atomic E-state index is 12.8. The maximum absolute atomic E-state index is 12.8. The molecule has 12 aromatic rings. The minimum Gasteiger partial charge on any atom is -0.465 e. The zero-order chi connectivity index (χ0) is 86.5. The molecule has 6 aromatic heterocycles. The van der Waals surface area contributed by atoms with Crippen LogP contribution < -0.4 is 26.6 Å². The number of carbonyl (C=O) groups excluding carboxylic acids is 5. The summed E-state index contributed by atoms with van der Waals surface area (Å²) < 4.78 is 135. The van der Waals surface area contributed by atoms with E-state index in [1.165, 1.54) is 51.6 Å². The lowest BCUT2D eigenvalue weighted by atomic mass is 10.1. The Labute approximate surface area is 700 Å². The number of aliphatic hydroxyl groups is 1. The van der Waals surface area contributed by atoms with Crippen molar-refractivity contribution in [2.45, 2.75) is 58.6 Å². The minimum atomic E-state index is -4.60. The average molecular weight is 1750 g/mol. The number of rotatable bonds is 21. The summed E-state index contributed by atoms with van der Waals surface area (Å²) >= 11 is 31.2. The van der Waals surface area contributed by atoms with Crippen LogP contribution in [0.25, 0.3) is 45.0 Å². The fourth-order valence-corrected chi connectivity index (χ4v) is 13.7. The van der Waals surface area contributed by atoms with E-state index in [0.29, 0.717) is 106 Å². The Balaban J connectivity index is 0.000000181. The number of amides is 4. The second kappa shape index (κ2) is 41.3. The van der Waals surface area contributed by atoms with Crippen molar-refractivity contribution in [3.63, 3.8) is 0 Å². The number of nitrogens with one attached hydrogen (secondary N) is 5. The van der Waals surface area contributed by atoms with Crippen LogP contribution in [0, 0.1) is 13.8 Å². The molecule has 4 amide bonds. The van der Waals surface area contributed by atoms with Crippen LogP contribution in [0.15, 0.2) is 225 Å². The number of aliphatic hydroxyl groups excluding tert-OH is 1. The molecule has 6 heterocycles. The van der Waals surface area contributed by atoms with Crippen molar-refractivity contribution in [2.24, 2.45) is 0 Å². The van der Waals surface area contributed by atoms with E-state index in [0.717, 1.165) is 41.1 Å². The van der Waals surface area contributed by atoms with Gasteiger partial charge in [0.05, 0.1) is 108 Å². The number of alkyl halides is 9. The zero-order valence-electron chi connectivity index (χ0n) is 63.0. The topological polar surface area (TPSA) is 279 Å². The van der Waals surface area contributed by atoms with E-state index in [1.807, 2.05) is 31.2 Å². The van der Waals surface area contributed by atoms with Gasteiger partial charge in [0.15, 0.2) is 0 Å². The molecule has 0 radical (unpaired) electrons. The number of benzene rings is 6. The summed E-state index contributed by atoms with van der Waals surface area (Å²) in [4.78, 5) is 85.7. The summed E-state index contributed by atoms with van der Waals surface area (Å²) in [5, 5.41) is 24.2. The summed E-state index contributed by atoms with van der Waals surface area (Å²) in [6, 6.07) is 52.3. The van der Waals surface area contributed by atoms with Crippen LogP contribution in [0.5, 0.6) is 0 Å². The largest absolute Gasteiger partial charge is 0.465 e. The Morgan fingerprint density at radius 3 is 1.20 bits per heavy atom. The highest BCUT2D eigenvalue weighted by atomic mass is 35.5. The van der Waals surface area contributed by atoms with E-state index in [2.05, 4.69) is 61.2 Å². The molecule has 0 aliphatic rings. The lowest BCUT2D eigenvalue weighted by Gasteiger charge is -2.13. The third kappa shape index (κ3) is 26.5. The first kappa shape index (κ1) is 91.4. The number of esters is 1. The lowest BCUT2D eigenvalue weighted by Crippen LogP contribution is -2.28. The lowest BCUT2D eigenvalue weighted by molar-refractivity contribution is -0.142. The van der Waals surface area contributed by atoms with E-state index in [-0.39, 0.29) is 57.7 Å². The fraction of sp³-hybridized carbons (Fsp3) is 0.155. The van der Waals surface area contributed by atoms with Crippen LogP contribution in [0.1, 0.15) is 98.2 Å². The molecule has 1 unspecified atom stereocenters. The summed E-state index contributed by atoms with van der Waals surface area (Å²) in [5.41, 5.74) is 7.49. The molecule has 35 heteroatoms. The third-order valence-corrected chi connectivity index (χ3v) is 20.2. The summed E-state index contributed by atoms with van der Waals surface area (Å²) in [7, 11) is -1.41. The number of halogens is 14. The number of anilines is 4. The smallest absolute Gasteiger partial charge is 0.433 e. The number of methoxy groups -OCH3 is 1. The molecule has 616 valence electrons. The van der Waals surface area contributed by atoms with Gasteiger partial charge in [-0.1, -0.05) is 94.4 Å². The Morgan fingerprint density at radius 2 is 0.840 bits per heavy atom. The van der Waals surface area contributed by atoms with E-state index in [4.69, 9.17) is 67.6 Å². The van der Waals surface area contributed by atoms with Crippen LogP contribution in [0.4, 0.5) is 62.3 Å². The van der Waals surface area contributed by atoms with Crippen LogP contribution in [-0.2, 0) is 45.5 Å². The standard InChI is InChI=1S/C22H22ClN2O3P.C21H16Cl2F3N3O.C21H15ClF3N3O3.C20H15ClF3N3O2/c1-3-28-29(2,27)15-16-7-9-17(10-8-16)22(26)25-18-11-12-20(23)19(14-18)21-6-4-5-13-24-21;22-17-7-5-14(10-16(17)19-3-1-2-8-28-19)29-20(30)15-6-4-13(9-18(15)23)11-27-12-21(24,25)26;1-11-14(5-8-18(27-11)21(23,24)25)19(29)28-13-4-6-16(22)15(9-13)17-7-3-12(10-26-17)20(30)31-2;1-11-14(4-7-18(26-11)20(22,23)24)19(29)27-13-3-5-16(21)15(8-13)17-6-2-12(10-28)9-25-17/h4-14H,3,15H2,1-2H3,(H,25,26);1-10,27H,11-12H2,(H,29,30);3-10H,1-2H3,(H,28,29);2-9,28H,10H2,1H3,(H,27,29). The third-order valence-electron chi connectivity index (χ3n) is 16.8. The van der Waals surface area contributed by atoms with Gasteiger partial charge in [0.25, 0.3) is 23.6 Å². The molecule has 6 aromatic carbocycles. The first-order chi connectivity index (χ1) is 56.4. The molecule has 0 saturated carbocycles.